The Morgan fingerprint density at radius 3 is 2.81 bits per heavy atom. The molecule has 84 valence electrons. The molecule has 0 heterocycles. The first-order valence-corrected chi connectivity index (χ1v) is 5.38. The van der Waals surface area contributed by atoms with Gasteiger partial charge in [0.25, 0.3) is 0 Å². The van der Waals surface area contributed by atoms with E-state index in [9.17, 15) is 0 Å². The molecule has 0 aromatic heterocycles. The molecule has 0 saturated carbocycles. The van der Waals surface area contributed by atoms with Crippen molar-refractivity contribution in [2.24, 2.45) is 4.99 Å². The summed E-state index contributed by atoms with van der Waals surface area (Å²) in [5.74, 6) is 0.615. The van der Waals surface area contributed by atoms with Crippen LogP contribution in [0.2, 0.25) is 5.02 Å². The zero-order chi connectivity index (χ0) is 12.1. The first kappa shape index (κ1) is 12.5. The summed E-state index contributed by atoms with van der Waals surface area (Å²) in [5, 5.41) is 11.7. The standard InChI is InChI=1S/C12H14ClN3/c1-8-6-11(13)4-5-12(8)9(2)16-10(3)15-7-14/h4-6,9H,1-3H3,(H,15,16). The lowest BCUT2D eigenvalue weighted by Gasteiger charge is -2.11. The molecule has 0 radical (unpaired) electrons. The Balaban J connectivity index is 2.93. The molecule has 0 amide bonds. The lowest BCUT2D eigenvalue weighted by atomic mass is 10.0. The minimum absolute atomic E-state index is 0.0121. The summed E-state index contributed by atoms with van der Waals surface area (Å²) in [7, 11) is 0. The molecule has 1 aromatic carbocycles. The molecule has 1 unspecified atom stereocenters. The number of hydrogen-bond acceptors (Lipinski definition) is 2. The maximum atomic E-state index is 8.45. The van der Waals surface area contributed by atoms with Crippen LogP contribution in [0.25, 0.3) is 0 Å². The maximum absolute atomic E-state index is 8.45. The van der Waals surface area contributed by atoms with E-state index in [2.05, 4.69) is 10.3 Å². The summed E-state index contributed by atoms with van der Waals surface area (Å²) in [4.78, 5) is 4.37. The minimum atomic E-state index is 0.0121. The topological polar surface area (TPSA) is 48.2 Å². The van der Waals surface area contributed by atoms with Gasteiger partial charge >= 0.3 is 0 Å². The van der Waals surface area contributed by atoms with Crippen molar-refractivity contribution in [3.05, 3.63) is 34.3 Å². The van der Waals surface area contributed by atoms with Gasteiger partial charge in [0, 0.05) is 5.02 Å². The molecule has 0 spiro atoms. The van der Waals surface area contributed by atoms with Gasteiger partial charge in [-0.25, -0.2) is 0 Å². The van der Waals surface area contributed by atoms with E-state index in [0.29, 0.717) is 5.84 Å². The zero-order valence-corrected chi connectivity index (χ0v) is 10.3. The number of benzene rings is 1. The van der Waals surface area contributed by atoms with Gasteiger partial charge in [0.05, 0.1) is 6.04 Å². The third kappa shape index (κ3) is 3.25. The fourth-order valence-corrected chi connectivity index (χ4v) is 1.81. The second-order valence-corrected chi connectivity index (χ2v) is 4.06. The van der Waals surface area contributed by atoms with Crippen LogP contribution in [-0.4, -0.2) is 5.84 Å². The van der Waals surface area contributed by atoms with Crippen molar-refractivity contribution >= 4 is 17.4 Å². The van der Waals surface area contributed by atoms with E-state index in [1.165, 1.54) is 0 Å². The molecule has 1 atom stereocenters. The Bertz CT molecular complexity index is 446. The van der Waals surface area contributed by atoms with Gasteiger partial charge in [-0.3, -0.25) is 10.3 Å². The molecule has 1 rings (SSSR count). The molecule has 3 nitrogen and oxygen atoms in total. The number of nitrogens with zero attached hydrogens (tertiary/aromatic N) is 2. The van der Waals surface area contributed by atoms with Gasteiger partial charge in [0.2, 0.25) is 0 Å². The largest absolute Gasteiger partial charge is 0.281 e. The second kappa shape index (κ2) is 5.53. The van der Waals surface area contributed by atoms with Crippen LogP contribution in [0.5, 0.6) is 0 Å². The Hall–Kier alpha value is -1.53. The molecule has 0 bridgehead atoms. The van der Waals surface area contributed by atoms with Crippen molar-refractivity contribution < 1.29 is 0 Å². The molecular formula is C12H14ClN3. The fourth-order valence-electron chi connectivity index (χ4n) is 1.58. The second-order valence-electron chi connectivity index (χ2n) is 3.63. The number of nitrogens with one attached hydrogen (secondary N) is 1. The molecule has 16 heavy (non-hydrogen) atoms. The van der Waals surface area contributed by atoms with Gasteiger partial charge in [-0.05, 0) is 44.0 Å². The van der Waals surface area contributed by atoms with Crippen LogP contribution in [0.15, 0.2) is 23.2 Å². The van der Waals surface area contributed by atoms with E-state index >= 15 is 0 Å². The third-order valence-electron chi connectivity index (χ3n) is 2.31. The van der Waals surface area contributed by atoms with E-state index in [4.69, 9.17) is 16.9 Å². The van der Waals surface area contributed by atoms with Crippen LogP contribution in [0.4, 0.5) is 0 Å². The fraction of sp³-hybridized carbons (Fsp3) is 0.333. The summed E-state index contributed by atoms with van der Waals surface area (Å²) in [6.07, 6.45) is 1.85. The Kier molecular flexibility index (Phi) is 4.33. The highest BCUT2D eigenvalue weighted by atomic mass is 35.5. The first-order valence-electron chi connectivity index (χ1n) is 5.00. The van der Waals surface area contributed by atoms with Crippen LogP contribution < -0.4 is 5.32 Å². The Labute approximate surface area is 101 Å². The van der Waals surface area contributed by atoms with Crippen molar-refractivity contribution in [3.8, 4) is 6.19 Å². The van der Waals surface area contributed by atoms with Crippen LogP contribution in [0.1, 0.15) is 31.0 Å². The van der Waals surface area contributed by atoms with Crippen LogP contribution >= 0.6 is 11.6 Å². The lowest BCUT2D eigenvalue weighted by Crippen LogP contribution is -2.14. The summed E-state index contributed by atoms with van der Waals surface area (Å²) < 4.78 is 0. The van der Waals surface area contributed by atoms with Gasteiger partial charge in [-0.15, -0.1) is 0 Å². The minimum Gasteiger partial charge on any atom is -0.281 e. The normalized spacial score (nSPS) is 13.1. The number of halogens is 1. The van der Waals surface area contributed by atoms with E-state index in [-0.39, 0.29) is 6.04 Å². The van der Waals surface area contributed by atoms with Gasteiger partial charge in [-0.2, -0.15) is 5.26 Å². The van der Waals surface area contributed by atoms with Crippen LogP contribution in [0, 0.1) is 18.4 Å². The first-order chi connectivity index (χ1) is 7.54. The van der Waals surface area contributed by atoms with Gasteiger partial charge < -0.3 is 0 Å². The highest BCUT2D eigenvalue weighted by Crippen LogP contribution is 2.23. The quantitative estimate of drug-likeness (QED) is 0.370. The van der Waals surface area contributed by atoms with Gasteiger partial charge in [0.15, 0.2) is 6.19 Å². The van der Waals surface area contributed by atoms with Gasteiger partial charge in [-0.1, -0.05) is 17.7 Å². The molecule has 0 aliphatic heterocycles. The summed E-state index contributed by atoms with van der Waals surface area (Å²) >= 11 is 5.89. The predicted octanol–water partition coefficient (Wildman–Crippen LogP) is 3.20. The highest BCUT2D eigenvalue weighted by Gasteiger charge is 2.07. The number of hydrogen-bond donors (Lipinski definition) is 1. The van der Waals surface area contributed by atoms with Crippen molar-refractivity contribution in [2.45, 2.75) is 26.8 Å². The molecule has 0 fully saturated rings. The molecule has 0 aliphatic rings. The van der Waals surface area contributed by atoms with Crippen molar-refractivity contribution in [3.63, 3.8) is 0 Å². The summed E-state index contributed by atoms with van der Waals surface area (Å²) in [6.45, 7) is 5.75. The smallest absolute Gasteiger partial charge is 0.182 e. The molecule has 0 aliphatic carbocycles. The van der Waals surface area contributed by atoms with Gasteiger partial charge in [0.1, 0.15) is 5.84 Å². The molecule has 1 N–H and O–H groups in total. The average Bonchev–Trinajstić information content (AvgIpc) is 2.17. The van der Waals surface area contributed by atoms with E-state index < -0.39 is 0 Å². The van der Waals surface area contributed by atoms with Crippen LogP contribution in [0.3, 0.4) is 0 Å². The van der Waals surface area contributed by atoms with Crippen molar-refractivity contribution in [1.29, 1.82) is 5.26 Å². The predicted molar refractivity (Wildman–Crippen MR) is 66.5 cm³/mol. The van der Waals surface area contributed by atoms with Crippen LogP contribution in [-0.2, 0) is 0 Å². The number of rotatable bonds is 2. The SMILES string of the molecule is CC(=NC(C)c1ccc(Cl)cc1C)NC#N. The summed E-state index contributed by atoms with van der Waals surface area (Å²) in [6, 6.07) is 5.74. The molecular weight excluding hydrogens is 222 g/mol. The number of nitriles is 1. The van der Waals surface area contributed by atoms with E-state index in [1.807, 2.05) is 38.2 Å². The molecule has 1 aromatic rings. The number of amidine groups is 1. The summed E-state index contributed by atoms with van der Waals surface area (Å²) in [5.41, 5.74) is 2.22. The average molecular weight is 236 g/mol. The molecule has 4 heteroatoms. The van der Waals surface area contributed by atoms with E-state index in [0.717, 1.165) is 16.1 Å². The lowest BCUT2D eigenvalue weighted by molar-refractivity contribution is 0.805. The van der Waals surface area contributed by atoms with Crippen molar-refractivity contribution in [1.82, 2.24) is 5.32 Å². The van der Waals surface area contributed by atoms with Crippen molar-refractivity contribution in [2.75, 3.05) is 0 Å². The zero-order valence-electron chi connectivity index (χ0n) is 9.58. The highest BCUT2D eigenvalue weighted by molar-refractivity contribution is 6.30. The number of aryl methyl sites for hydroxylation is 1. The molecule has 0 saturated heterocycles. The Morgan fingerprint density at radius 2 is 2.25 bits per heavy atom. The third-order valence-corrected chi connectivity index (χ3v) is 2.54. The number of aliphatic imine (C=N–C) groups is 1. The van der Waals surface area contributed by atoms with E-state index in [1.54, 1.807) is 6.92 Å². The monoisotopic (exact) mass is 235 g/mol. The maximum Gasteiger partial charge on any atom is 0.182 e. The Morgan fingerprint density at radius 1 is 1.56 bits per heavy atom.